The first-order chi connectivity index (χ1) is 13.2. The zero-order valence-electron chi connectivity index (χ0n) is 16.1. The van der Waals surface area contributed by atoms with E-state index in [1.165, 1.54) is 23.1 Å². The Hall–Kier alpha value is -2.64. The zero-order chi connectivity index (χ0) is 20.5. The Kier molecular flexibility index (Phi) is 5.58. The van der Waals surface area contributed by atoms with Gasteiger partial charge >= 0.3 is 6.18 Å². The van der Waals surface area contributed by atoms with Crippen LogP contribution >= 0.6 is 0 Å². The molecular weight excluding hydrogens is 369 g/mol. The molecule has 0 unspecified atom stereocenters. The Labute approximate surface area is 162 Å². The number of carbonyl (C=O) groups excluding carboxylic acids is 1. The Morgan fingerprint density at radius 1 is 1.07 bits per heavy atom. The van der Waals surface area contributed by atoms with E-state index in [0.29, 0.717) is 26.2 Å². The van der Waals surface area contributed by atoms with Crippen LogP contribution < -0.4 is 4.90 Å². The van der Waals surface area contributed by atoms with Crippen molar-refractivity contribution in [1.29, 1.82) is 0 Å². The van der Waals surface area contributed by atoms with Crippen LogP contribution in [0.1, 0.15) is 47.2 Å². The van der Waals surface area contributed by atoms with E-state index in [1.54, 1.807) is 0 Å². The summed E-state index contributed by atoms with van der Waals surface area (Å²) in [6.45, 7) is 7.64. The highest BCUT2D eigenvalue weighted by atomic mass is 19.4. The van der Waals surface area contributed by atoms with E-state index in [0.717, 1.165) is 23.4 Å². The maximum absolute atomic E-state index is 13.2. The van der Waals surface area contributed by atoms with Gasteiger partial charge in [0.15, 0.2) is 0 Å². The van der Waals surface area contributed by atoms with Crippen molar-refractivity contribution in [2.45, 2.75) is 32.9 Å². The Bertz CT molecular complexity index is 859. The molecule has 0 bridgehead atoms. The minimum Gasteiger partial charge on any atom is -0.353 e. The Balaban J connectivity index is 1.74. The molecule has 0 radical (unpaired) electrons. The molecule has 0 atom stereocenters. The van der Waals surface area contributed by atoms with Crippen molar-refractivity contribution >= 4 is 11.7 Å². The molecule has 28 heavy (non-hydrogen) atoms. The molecule has 1 amide bonds. The van der Waals surface area contributed by atoms with Gasteiger partial charge in [-0.2, -0.15) is 13.2 Å². The molecule has 0 aliphatic carbocycles. The molecule has 1 fully saturated rings. The largest absolute Gasteiger partial charge is 0.417 e. The topological polar surface area (TPSA) is 49.3 Å². The van der Waals surface area contributed by atoms with Gasteiger partial charge in [0.25, 0.3) is 5.91 Å². The number of halogens is 3. The molecule has 150 valence electrons. The summed E-state index contributed by atoms with van der Waals surface area (Å²) in [7, 11) is 0. The van der Waals surface area contributed by atoms with Crippen LogP contribution in [0.15, 0.2) is 30.3 Å². The van der Waals surface area contributed by atoms with Gasteiger partial charge < -0.3 is 9.80 Å². The van der Waals surface area contributed by atoms with Crippen LogP contribution in [-0.4, -0.2) is 47.0 Å². The maximum atomic E-state index is 13.2. The zero-order valence-corrected chi connectivity index (χ0v) is 16.1. The molecule has 2 aromatic rings. The highest BCUT2D eigenvalue weighted by molar-refractivity contribution is 5.96. The smallest absolute Gasteiger partial charge is 0.353 e. The fourth-order valence-electron chi connectivity index (χ4n) is 3.22. The summed E-state index contributed by atoms with van der Waals surface area (Å²) in [4.78, 5) is 25.2. The molecule has 1 aliphatic rings. The summed E-state index contributed by atoms with van der Waals surface area (Å²) >= 11 is 0. The van der Waals surface area contributed by atoms with Gasteiger partial charge in [-0.3, -0.25) is 4.79 Å². The van der Waals surface area contributed by atoms with E-state index in [9.17, 15) is 18.0 Å². The lowest BCUT2D eigenvalue weighted by atomic mass is 10.1. The predicted octanol–water partition coefficient (Wildman–Crippen LogP) is 3.89. The summed E-state index contributed by atoms with van der Waals surface area (Å²) in [6.07, 6.45) is -4.56. The van der Waals surface area contributed by atoms with Gasteiger partial charge in [0.2, 0.25) is 0 Å². The van der Waals surface area contributed by atoms with E-state index < -0.39 is 17.6 Å². The number of alkyl halides is 3. The average molecular weight is 392 g/mol. The van der Waals surface area contributed by atoms with Crippen molar-refractivity contribution in [2.75, 3.05) is 31.1 Å². The van der Waals surface area contributed by atoms with Crippen molar-refractivity contribution in [3.63, 3.8) is 0 Å². The minimum absolute atomic E-state index is 0.195. The lowest BCUT2D eigenvalue weighted by molar-refractivity contribution is -0.138. The molecule has 0 saturated carbocycles. The first-order valence-corrected chi connectivity index (χ1v) is 9.23. The van der Waals surface area contributed by atoms with Gasteiger partial charge in [-0.25, -0.2) is 9.97 Å². The minimum atomic E-state index is -4.56. The number of aryl methyl sites for hydroxylation is 1. The summed E-state index contributed by atoms with van der Waals surface area (Å²) in [5.41, 5.74) is -0.329. The Morgan fingerprint density at radius 2 is 1.71 bits per heavy atom. The van der Waals surface area contributed by atoms with Gasteiger partial charge in [0.1, 0.15) is 11.6 Å². The van der Waals surface area contributed by atoms with Gasteiger partial charge in [0.05, 0.1) is 11.1 Å². The van der Waals surface area contributed by atoms with Crippen molar-refractivity contribution in [3.05, 3.63) is 53.0 Å². The lowest BCUT2D eigenvalue weighted by Gasteiger charge is -2.36. The van der Waals surface area contributed by atoms with Crippen LogP contribution in [0.4, 0.5) is 19.0 Å². The van der Waals surface area contributed by atoms with E-state index in [2.05, 4.69) is 9.97 Å². The molecular formula is C20H23F3N4O. The normalized spacial score (nSPS) is 15.2. The molecule has 1 aromatic heterocycles. The third-order valence-electron chi connectivity index (χ3n) is 4.73. The van der Waals surface area contributed by atoms with Gasteiger partial charge in [-0.05, 0) is 19.1 Å². The third kappa shape index (κ3) is 4.26. The number of nitrogens with zero attached hydrogens (tertiary/aromatic N) is 4. The van der Waals surface area contributed by atoms with Crippen LogP contribution in [0.2, 0.25) is 0 Å². The number of piperazine rings is 1. The summed E-state index contributed by atoms with van der Waals surface area (Å²) < 4.78 is 39.6. The maximum Gasteiger partial charge on any atom is 0.417 e. The molecule has 2 heterocycles. The fourth-order valence-corrected chi connectivity index (χ4v) is 3.22. The van der Waals surface area contributed by atoms with E-state index in [-0.39, 0.29) is 11.5 Å². The van der Waals surface area contributed by atoms with Crippen LogP contribution in [-0.2, 0) is 6.18 Å². The van der Waals surface area contributed by atoms with E-state index in [1.807, 2.05) is 31.7 Å². The van der Waals surface area contributed by atoms with Crippen LogP contribution in [0.25, 0.3) is 0 Å². The standard InChI is InChI=1S/C20H23F3N4O/c1-13(2)18-24-14(3)12-17(25-18)26-8-10-27(11-9-26)19(28)15-6-4-5-7-16(15)20(21,22)23/h4-7,12-13H,8-11H2,1-3H3. The summed E-state index contributed by atoms with van der Waals surface area (Å²) in [6, 6.07) is 6.82. The first-order valence-electron chi connectivity index (χ1n) is 9.23. The number of amides is 1. The van der Waals surface area contributed by atoms with Crippen LogP contribution in [0.3, 0.4) is 0 Å². The lowest BCUT2D eigenvalue weighted by Crippen LogP contribution is -2.49. The number of hydrogen-bond acceptors (Lipinski definition) is 4. The fraction of sp³-hybridized carbons (Fsp3) is 0.450. The number of benzene rings is 1. The molecule has 8 heteroatoms. The van der Waals surface area contributed by atoms with E-state index in [4.69, 9.17) is 0 Å². The summed E-state index contributed by atoms with van der Waals surface area (Å²) in [5, 5.41) is 0. The molecule has 0 N–H and O–H groups in total. The summed E-state index contributed by atoms with van der Waals surface area (Å²) in [5.74, 6) is 1.15. The second-order valence-corrected chi connectivity index (χ2v) is 7.20. The molecule has 0 spiro atoms. The molecule has 3 rings (SSSR count). The van der Waals surface area contributed by atoms with Gasteiger partial charge in [-0.15, -0.1) is 0 Å². The Morgan fingerprint density at radius 3 is 2.32 bits per heavy atom. The average Bonchev–Trinajstić information content (AvgIpc) is 2.66. The van der Waals surface area contributed by atoms with Crippen LogP contribution in [0, 0.1) is 6.92 Å². The van der Waals surface area contributed by atoms with E-state index >= 15 is 0 Å². The highest BCUT2D eigenvalue weighted by Gasteiger charge is 2.36. The van der Waals surface area contributed by atoms with Crippen molar-refractivity contribution in [3.8, 4) is 0 Å². The molecule has 1 aromatic carbocycles. The predicted molar refractivity (Wildman–Crippen MR) is 100 cm³/mol. The molecule has 1 aliphatic heterocycles. The first kappa shape index (κ1) is 20.1. The molecule has 5 nitrogen and oxygen atoms in total. The SMILES string of the molecule is Cc1cc(N2CCN(C(=O)c3ccccc3C(F)(F)F)CC2)nc(C(C)C)n1. The van der Waals surface area contributed by atoms with Crippen molar-refractivity contribution < 1.29 is 18.0 Å². The number of carbonyl (C=O) groups is 1. The van der Waals surface area contributed by atoms with Gasteiger partial charge in [0, 0.05) is 43.9 Å². The monoisotopic (exact) mass is 392 g/mol. The third-order valence-corrected chi connectivity index (χ3v) is 4.73. The second-order valence-electron chi connectivity index (χ2n) is 7.20. The molecule has 1 saturated heterocycles. The quantitative estimate of drug-likeness (QED) is 0.795. The van der Waals surface area contributed by atoms with Crippen LogP contribution in [0.5, 0.6) is 0 Å². The highest BCUT2D eigenvalue weighted by Crippen LogP contribution is 2.32. The number of hydrogen-bond donors (Lipinski definition) is 0. The van der Waals surface area contributed by atoms with Gasteiger partial charge in [-0.1, -0.05) is 26.0 Å². The number of rotatable bonds is 3. The second kappa shape index (κ2) is 7.77. The van der Waals surface area contributed by atoms with Crippen molar-refractivity contribution in [1.82, 2.24) is 14.9 Å². The number of anilines is 1. The number of aromatic nitrogens is 2. The van der Waals surface area contributed by atoms with Crippen molar-refractivity contribution in [2.24, 2.45) is 0 Å².